The van der Waals surface area contributed by atoms with Crippen LogP contribution in [0.1, 0.15) is 125 Å². The van der Waals surface area contributed by atoms with Gasteiger partial charge in [0, 0.05) is 36.1 Å². The number of hydrogen-bond acceptors (Lipinski definition) is 6. The summed E-state index contributed by atoms with van der Waals surface area (Å²) in [6, 6.07) is 9.72. The summed E-state index contributed by atoms with van der Waals surface area (Å²) in [5.41, 5.74) is 6.35. The van der Waals surface area contributed by atoms with Crippen LogP contribution in [0.5, 0.6) is 23.0 Å². The lowest BCUT2D eigenvalue weighted by Gasteiger charge is -2.51. The van der Waals surface area contributed by atoms with Crippen molar-refractivity contribution in [3.8, 4) is 23.0 Å². The van der Waals surface area contributed by atoms with Crippen LogP contribution in [0.15, 0.2) is 24.3 Å². The zero-order valence-corrected chi connectivity index (χ0v) is 29.2. The highest BCUT2D eigenvalue weighted by Gasteiger charge is 2.53. The molecule has 3 saturated heterocycles. The van der Waals surface area contributed by atoms with Gasteiger partial charge in [-0.05, 0) is 116 Å². The predicted octanol–water partition coefficient (Wildman–Crippen LogP) is 8.39. The van der Waals surface area contributed by atoms with Crippen LogP contribution in [-0.4, -0.2) is 57.5 Å². The minimum atomic E-state index is 0.141. The van der Waals surface area contributed by atoms with E-state index in [2.05, 4.69) is 41.4 Å². The molecule has 5 aliphatic rings. The Balaban J connectivity index is 1.30. The molecule has 0 radical (unpaired) electrons. The maximum atomic E-state index is 5.99. The molecule has 2 unspecified atom stereocenters. The Bertz CT molecular complexity index is 1390. The topological polar surface area (TPSA) is 52.2 Å². The number of rotatable bonds is 7. The minimum absolute atomic E-state index is 0.141. The number of nitrogens with zero attached hydrogens (tertiary/aromatic N) is 1. The van der Waals surface area contributed by atoms with Gasteiger partial charge in [0.1, 0.15) is 0 Å². The molecule has 3 fully saturated rings. The Hall–Kier alpha value is -2.44. The lowest BCUT2D eigenvalue weighted by Crippen LogP contribution is -2.56. The number of ether oxygens (including phenoxy) is 4. The van der Waals surface area contributed by atoms with E-state index in [-0.39, 0.29) is 11.1 Å². The average Bonchev–Trinajstić information content (AvgIpc) is 3.46. The zero-order valence-electron chi connectivity index (χ0n) is 29.2. The molecule has 252 valence electrons. The van der Waals surface area contributed by atoms with E-state index in [1.165, 1.54) is 112 Å². The number of fused-ring (bicyclic) bond motifs is 4. The van der Waals surface area contributed by atoms with Gasteiger partial charge in [-0.1, -0.05) is 45.4 Å². The fourth-order valence-corrected chi connectivity index (χ4v) is 10.7. The Morgan fingerprint density at radius 3 is 2.02 bits per heavy atom. The molecule has 1 N–H and O–H groups in total. The summed E-state index contributed by atoms with van der Waals surface area (Å²) < 4.78 is 23.4. The van der Waals surface area contributed by atoms with Crippen LogP contribution in [0.2, 0.25) is 0 Å². The van der Waals surface area contributed by atoms with Crippen LogP contribution in [0.4, 0.5) is 0 Å². The molecule has 46 heavy (non-hydrogen) atoms. The second-order valence-electron chi connectivity index (χ2n) is 15.4. The lowest BCUT2D eigenvalue weighted by molar-refractivity contribution is 0.0380. The first-order valence-electron chi connectivity index (χ1n) is 18.5. The van der Waals surface area contributed by atoms with Gasteiger partial charge in [0.15, 0.2) is 23.0 Å². The highest BCUT2D eigenvalue weighted by Crippen LogP contribution is 2.56. The zero-order chi connectivity index (χ0) is 31.9. The van der Waals surface area contributed by atoms with Gasteiger partial charge < -0.3 is 24.3 Å². The lowest BCUT2D eigenvalue weighted by atomic mass is 9.65. The molecule has 0 saturated carbocycles. The van der Waals surface area contributed by atoms with Crippen LogP contribution >= 0.6 is 0 Å². The van der Waals surface area contributed by atoms with Gasteiger partial charge in [0.2, 0.25) is 0 Å². The third-order valence-corrected chi connectivity index (χ3v) is 13.2. The maximum Gasteiger partial charge on any atom is 0.161 e. The van der Waals surface area contributed by atoms with Crippen molar-refractivity contribution in [3.05, 3.63) is 46.5 Å². The number of aryl methyl sites for hydroxylation is 1. The Kier molecular flexibility index (Phi) is 9.23. The normalized spacial score (nSPS) is 32.6. The van der Waals surface area contributed by atoms with Gasteiger partial charge in [-0.15, -0.1) is 0 Å². The van der Waals surface area contributed by atoms with Gasteiger partial charge in [-0.2, -0.15) is 0 Å². The van der Waals surface area contributed by atoms with E-state index < -0.39 is 0 Å². The molecule has 0 spiro atoms. The van der Waals surface area contributed by atoms with Crippen LogP contribution in [-0.2, 0) is 12.8 Å². The molecule has 5 aliphatic heterocycles. The SMILES string of the molecule is CC[C@H]1CN2CCc3cc(OC)c(OC)cc3[C@@H]2C[C@@H]1C[C@@H]1c2cc(OC)c(OC)cc2CCC23CCCCCCCC1(CC2)N3. The molecule has 0 aromatic heterocycles. The summed E-state index contributed by atoms with van der Waals surface area (Å²) in [5, 5.41) is 4.56. The van der Waals surface area contributed by atoms with Gasteiger partial charge >= 0.3 is 0 Å². The molecule has 0 aliphatic carbocycles. The van der Waals surface area contributed by atoms with Crippen molar-refractivity contribution in [1.82, 2.24) is 10.2 Å². The van der Waals surface area contributed by atoms with E-state index in [4.69, 9.17) is 18.9 Å². The molecule has 7 rings (SSSR count). The highest BCUT2D eigenvalue weighted by atomic mass is 16.5. The molecular weight excluding hydrogens is 572 g/mol. The Labute approximate surface area is 277 Å². The minimum Gasteiger partial charge on any atom is -0.493 e. The van der Waals surface area contributed by atoms with Crippen LogP contribution < -0.4 is 24.3 Å². The molecule has 6 atom stereocenters. The van der Waals surface area contributed by atoms with Crippen molar-refractivity contribution >= 4 is 0 Å². The maximum absolute atomic E-state index is 5.99. The van der Waals surface area contributed by atoms with Crippen molar-refractivity contribution in [1.29, 1.82) is 0 Å². The van der Waals surface area contributed by atoms with E-state index in [1.54, 1.807) is 28.4 Å². The summed E-state index contributed by atoms with van der Waals surface area (Å²) in [6.45, 7) is 4.76. The molecule has 5 heterocycles. The Morgan fingerprint density at radius 1 is 0.696 bits per heavy atom. The number of nitrogens with one attached hydrogen (secondary N) is 1. The highest BCUT2D eigenvalue weighted by molar-refractivity contribution is 5.51. The number of hydrogen-bond donors (Lipinski definition) is 1. The number of methoxy groups -OCH3 is 4. The first-order chi connectivity index (χ1) is 22.4. The third kappa shape index (κ3) is 5.70. The second-order valence-corrected chi connectivity index (χ2v) is 15.4. The van der Waals surface area contributed by atoms with Gasteiger partial charge in [0.05, 0.1) is 28.4 Å². The van der Waals surface area contributed by atoms with Crippen molar-refractivity contribution in [2.45, 2.75) is 126 Å². The predicted molar refractivity (Wildman–Crippen MR) is 185 cm³/mol. The number of piperidine rings is 1. The first kappa shape index (κ1) is 32.1. The summed E-state index contributed by atoms with van der Waals surface area (Å²) in [6.07, 6.45) is 19.2. The quantitative estimate of drug-likeness (QED) is 0.332. The Morgan fingerprint density at radius 2 is 1.33 bits per heavy atom. The monoisotopic (exact) mass is 630 g/mol. The fourth-order valence-electron chi connectivity index (χ4n) is 10.7. The van der Waals surface area contributed by atoms with E-state index in [9.17, 15) is 0 Å². The van der Waals surface area contributed by atoms with E-state index in [0.29, 0.717) is 23.8 Å². The van der Waals surface area contributed by atoms with Crippen molar-refractivity contribution < 1.29 is 18.9 Å². The second kappa shape index (κ2) is 13.2. The summed E-state index contributed by atoms with van der Waals surface area (Å²) in [5.74, 6) is 5.30. The van der Waals surface area contributed by atoms with E-state index in [1.807, 2.05) is 0 Å². The first-order valence-corrected chi connectivity index (χ1v) is 18.5. The molecule has 2 aromatic rings. The largest absolute Gasteiger partial charge is 0.493 e. The fraction of sp³-hybridized carbons (Fsp3) is 0.700. The summed E-state index contributed by atoms with van der Waals surface area (Å²) in [7, 11) is 7.11. The van der Waals surface area contributed by atoms with Crippen molar-refractivity contribution in [2.24, 2.45) is 11.8 Å². The number of benzene rings is 2. The van der Waals surface area contributed by atoms with Gasteiger partial charge in [0.25, 0.3) is 0 Å². The smallest absolute Gasteiger partial charge is 0.161 e. The molecule has 0 amide bonds. The molecule has 2 aromatic carbocycles. The van der Waals surface area contributed by atoms with E-state index >= 15 is 0 Å². The molecule has 6 heteroatoms. The van der Waals surface area contributed by atoms with Crippen LogP contribution in [0, 0.1) is 11.8 Å². The van der Waals surface area contributed by atoms with Crippen LogP contribution in [0.25, 0.3) is 0 Å². The van der Waals surface area contributed by atoms with Gasteiger partial charge in [-0.25, -0.2) is 0 Å². The third-order valence-electron chi connectivity index (χ3n) is 13.2. The standard InChI is InChI=1S/C40H58N2O4/c1-6-27-26-42-19-13-29-23-36(44-3)38(46-5)25-32(29)34(42)21-30(27)20-33-31-24-37(45-4)35(43-2)22-28(31)12-16-39-14-10-8-7-9-11-15-40(33,41-39)18-17-39/h22-25,27,30,33-34,41H,6-21,26H2,1-5H3/t27-,30-,33+,34-,39?,40?/m0/s1. The van der Waals surface area contributed by atoms with Crippen molar-refractivity contribution in [2.75, 3.05) is 41.5 Å². The molecule has 6 nitrogen and oxygen atoms in total. The summed E-state index contributed by atoms with van der Waals surface area (Å²) >= 11 is 0. The average molecular weight is 631 g/mol. The molecular formula is C40H58N2O4. The van der Waals surface area contributed by atoms with Crippen LogP contribution in [0.3, 0.4) is 0 Å². The van der Waals surface area contributed by atoms with E-state index in [0.717, 1.165) is 42.4 Å². The summed E-state index contributed by atoms with van der Waals surface area (Å²) in [4.78, 5) is 2.79. The van der Waals surface area contributed by atoms with Crippen molar-refractivity contribution in [3.63, 3.8) is 0 Å². The van der Waals surface area contributed by atoms with Gasteiger partial charge in [-0.3, -0.25) is 4.90 Å². The molecule has 2 bridgehead atoms.